The number of ketones is 1. The van der Waals surface area contributed by atoms with E-state index >= 15 is 0 Å². The molecule has 0 radical (unpaired) electrons. The maximum atomic E-state index is 13.2. The van der Waals surface area contributed by atoms with Gasteiger partial charge in [0.05, 0.1) is 20.9 Å². The van der Waals surface area contributed by atoms with Crippen molar-refractivity contribution in [3.05, 3.63) is 65.9 Å². The van der Waals surface area contributed by atoms with Crippen molar-refractivity contribution >= 4 is 42.6 Å². The number of benzene rings is 2. The van der Waals surface area contributed by atoms with Crippen LogP contribution in [0.15, 0.2) is 59.5 Å². The highest BCUT2D eigenvalue weighted by Crippen LogP contribution is 2.37. The van der Waals surface area contributed by atoms with Gasteiger partial charge in [-0.05, 0) is 32.0 Å². The summed E-state index contributed by atoms with van der Waals surface area (Å²) in [6.07, 6.45) is 0. The van der Waals surface area contributed by atoms with Crippen molar-refractivity contribution < 1.29 is 13.2 Å². The van der Waals surface area contributed by atoms with E-state index in [9.17, 15) is 13.2 Å². The number of carbonyl (C=O) groups is 1. The molecule has 0 aliphatic rings. The van der Waals surface area contributed by atoms with Gasteiger partial charge in [-0.15, -0.1) is 0 Å². The van der Waals surface area contributed by atoms with Gasteiger partial charge >= 0.3 is 0 Å². The van der Waals surface area contributed by atoms with Gasteiger partial charge in [0, 0.05) is 10.9 Å². The Balaban J connectivity index is 2.49. The summed E-state index contributed by atoms with van der Waals surface area (Å²) < 4.78 is 27.8. The van der Waals surface area contributed by atoms with Crippen molar-refractivity contribution in [1.82, 2.24) is 3.97 Å². The molecule has 1 heterocycles. The first-order chi connectivity index (χ1) is 11.4. The lowest BCUT2D eigenvalue weighted by atomic mass is 10.1. The Kier molecular flexibility index (Phi) is 4.36. The molecule has 0 fully saturated rings. The van der Waals surface area contributed by atoms with Crippen molar-refractivity contribution in [2.75, 3.05) is 0 Å². The van der Waals surface area contributed by atoms with Crippen molar-refractivity contribution in [3.8, 4) is 0 Å². The number of hydrogen-bond acceptors (Lipinski definition) is 3. The molecule has 0 N–H and O–H groups in total. The zero-order valence-corrected chi connectivity index (χ0v) is 15.6. The van der Waals surface area contributed by atoms with Crippen LogP contribution in [0, 0.1) is 0 Å². The van der Waals surface area contributed by atoms with Crippen LogP contribution >= 0.6 is 15.9 Å². The molecule has 124 valence electrons. The van der Waals surface area contributed by atoms with Gasteiger partial charge < -0.3 is 0 Å². The minimum atomic E-state index is -3.82. The van der Waals surface area contributed by atoms with Gasteiger partial charge in [0.2, 0.25) is 0 Å². The van der Waals surface area contributed by atoms with E-state index in [1.54, 1.807) is 54.6 Å². The first-order valence-electron chi connectivity index (χ1n) is 7.44. The van der Waals surface area contributed by atoms with Crippen molar-refractivity contribution in [2.24, 2.45) is 0 Å². The van der Waals surface area contributed by atoms with Crippen LogP contribution in [0.5, 0.6) is 0 Å². The Bertz CT molecular complexity index is 1020. The number of hydrogen-bond donors (Lipinski definition) is 0. The van der Waals surface area contributed by atoms with Gasteiger partial charge in [0.1, 0.15) is 0 Å². The van der Waals surface area contributed by atoms with E-state index in [1.165, 1.54) is 10.9 Å². The molecule has 1 aromatic heterocycles. The average molecular weight is 406 g/mol. The van der Waals surface area contributed by atoms with Crippen LogP contribution < -0.4 is 0 Å². The van der Waals surface area contributed by atoms with E-state index in [1.807, 2.05) is 6.92 Å². The fourth-order valence-electron chi connectivity index (χ4n) is 2.92. The number of carbonyl (C=O) groups excluding carboxylic acids is 1. The molecule has 1 unspecified atom stereocenters. The lowest BCUT2D eigenvalue weighted by Crippen LogP contribution is -2.17. The third kappa shape index (κ3) is 2.59. The van der Waals surface area contributed by atoms with E-state index in [4.69, 9.17) is 0 Å². The molecule has 0 spiro atoms. The molecule has 0 bridgehead atoms. The summed E-state index contributed by atoms with van der Waals surface area (Å²) in [6.45, 7) is 3.28. The maximum absolute atomic E-state index is 13.2. The van der Waals surface area contributed by atoms with Crippen molar-refractivity contribution in [2.45, 2.75) is 23.6 Å². The molecule has 6 heteroatoms. The number of alkyl halides is 1. The summed E-state index contributed by atoms with van der Waals surface area (Å²) in [5.74, 6) is -0.158. The predicted molar refractivity (Wildman–Crippen MR) is 98.3 cm³/mol. The Morgan fingerprint density at radius 2 is 1.62 bits per heavy atom. The van der Waals surface area contributed by atoms with Gasteiger partial charge in [-0.1, -0.05) is 52.3 Å². The zero-order valence-electron chi connectivity index (χ0n) is 13.2. The standard InChI is InChI=1S/C18H16BrNO3S/c1-12(19)18-17(13(2)21)15-10-6-7-11-16(15)20(18)24(22,23)14-8-4-3-5-9-14/h3-12H,1-2H3. The number of halogens is 1. The predicted octanol–water partition coefficient (Wildman–Crippen LogP) is 4.54. The first kappa shape index (κ1) is 16.9. The molecule has 3 aromatic rings. The van der Waals surface area contributed by atoms with Crippen LogP contribution in [0.3, 0.4) is 0 Å². The lowest BCUT2D eigenvalue weighted by molar-refractivity contribution is 0.101. The van der Waals surface area contributed by atoms with Crippen LogP contribution in [0.4, 0.5) is 0 Å². The number of Topliss-reactive ketones (excluding diaryl/α,β-unsaturated/α-hetero) is 1. The number of fused-ring (bicyclic) bond motifs is 1. The molecule has 2 aromatic carbocycles. The Hall–Kier alpha value is -1.92. The highest BCUT2D eigenvalue weighted by atomic mass is 79.9. The van der Waals surface area contributed by atoms with Crippen LogP contribution in [0.1, 0.15) is 34.7 Å². The van der Waals surface area contributed by atoms with E-state index in [2.05, 4.69) is 15.9 Å². The highest BCUT2D eigenvalue weighted by molar-refractivity contribution is 9.09. The molecule has 4 nitrogen and oxygen atoms in total. The molecule has 24 heavy (non-hydrogen) atoms. The highest BCUT2D eigenvalue weighted by Gasteiger charge is 2.30. The third-order valence-corrected chi connectivity index (χ3v) is 6.05. The second-order valence-electron chi connectivity index (χ2n) is 5.53. The molecular formula is C18H16BrNO3S. The number of para-hydroxylation sites is 1. The van der Waals surface area contributed by atoms with Crippen LogP contribution in [0.25, 0.3) is 10.9 Å². The molecule has 3 rings (SSSR count). The Morgan fingerprint density at radius 1 is 1.04 bits per heavy atom. The monoisotopic (exact) mass is 405 g/mol. The smallest absolute Gasteiger partial charge is 0.268 e. The number of rotatable bonds is 4. The number of nitrogens with zero attached hydrogens (tertiary/aromatic N) is 1. The minimum absolute atomic E-state index is 0.158. The van der Waals surface area contributed by atoms with Gasteiger partial charge in [-0.2, -0.15) is 0 Å². The van der Waals surface area contributed by atoms with E-state index < -0.39 is 10.0 Å². The normalized spacial score (nSPS) is 13.1. The second-order valence-corrected chi connectivity index (χ2v) is 8.69. The molecular weight excluding hydrogens is 390 g/mol. The SMILES string of the molecule is CC(=O)c1c(C(C)Br)n(S(=O)(=O)c2ccccc2)c2ccccc12. The van der Waals surface area contributed by atoms with Crippen LogP contribution in [-0.2, 0) is 10.0 Å². The minimum Gasteiger partial charge on any atom is -0.294 e. The van der Waals surface area contributed by atoms with Crippen LogP contribution in [0.2, 0.25) is 0 Å². The van der Waals surface area contributed by atoms with Gasteiger partial charge in [-0.3, -0.25) is 4.79 Å². The summed E-state index contributed by atoms with van der Waals surface area (Å²) >= 11 is 3.46. The first-order valence-corrected chi connectivity index (χ1v) is 9.80. The summed E-state index contributed by atoms with van der Waals surface area (Å²) in [7, 11) is -3.82. The Labute approximate surface area is 149 Å². The second kappa shape index (κ2) is 6.18. The van der Waals surface area contributed by atoms with E-state index in [0.29, 0.717) is 22.2 Å². The summed E-state index contributed by atoms with van der Waals surface area (Å²) in [6, 6.07) is 15.3. The van der Waals surface area contributed by atoms with E-state index in [0.717, 1.165) is 0 Å². The molecule has 1 atom stereocenters. The summed E-state index contributed by atoms with van der Waals surface area (Å²) in [5, 5.41) is 0.644. The van der Waals surface area contributed by atoms with Gasteiger partial charge in [0.15, 0.2) is 5.78 Å². The quantitative estimate of drug-likeness (QED) is 0.472. The van der Waals surface area contributed by atoms with Gasteiger partial charge in [0.25, 0.3) is 10.0 Å². The topological polar surface area (TPSA) is 56.1 Å². The van der Waals surface area contributed by atoms with Gasteiger partial charge in [-0.25, -0.2) is 12.4 Å². The lowest BCUT2D eigenvalue weighted by Gasteiger charge is -2.14. The summed E-state index contributed by atoms with van der Waals surface area (Å²) in [4.78, 5) is 12.1. The van der Waals surface area contributed by atoms with Crippen molar-refractivity contribution in [1.29, 1.82) is 0 Å². The van der Waals surface area contributed by atoms with E-state index in [-0.39, 0.29) is 15.5 Å². The number of aromatic nitrogens is 1. The fraction of sp³-hybridized carbons (Fsp3) is 0.167. The molecule has 0 aliphatic heterocycles. The molecule has 0 amide bonds. The molecule has 0 aliphatic carbocycles. The molecule has 0 saturated heterocycles. The maximum Gasteiger partial charge on any atom is 0.268 e. The zero-order chi connectivity index (χ0) is 17.5. The summed E-state index contributed by atoms with van der Waals surface area (Å²) in [5.41, 5.74) is 1.40. The largest absolute Gasteiger partial charge is 0.294 e. The Morgan fingerprint density at radius 3 is 2.21 bits per heavy atom. The van der Waals surface area contributed by atoms with Crippen molar-refractivity contribution in [3.63, 3.8) is 0 Å². The fourth-order valence-corrected chi connectivity index (χ4v) is 5.13. The third-order valence-electron chi connectivity index (χ3n) is 3.88. The van der Waals surface area contributed by atoms with Crippen LogP contribution in [-0.4, -0.2) is 18.2 Å². The molecule has 0 saturated carbocycles. The average Bonchev–Trinajstić information content (AvgIpc) is 2.92.